The number of hydrogen-bond donors (Lipinski definition) is 1. The second-order valence-electron chi connectivity index (χ2n) is 8.01. The molecule has 27 heavy (non-hydrogen) atoms. The number of nitrogens with zero attached hydrogens (tertiary/aromatic N) is 3. The van der Waals surface area contributed by atoms with Gasteiger partial charge in [0.05, 0.1) is 13.7 Å². The van der Waals surface area contributed by atoms with Gasteiger partial charge in [-0.25, -0.2) is 4.79 Å². The highest BCUT2D eigenvalue weighted by molar-refractivity contribution is 5.68. The number of carbonyl (C=O) groups is 1. The first-order valence-electron chi connectivity index (χ1n) is 10.3. The fourth-order valence-corrected chi connectivity index (χ4v) is 5.05. The number of anilines is 1. The average molecular weight is 373 g/mol. The summed E-state index contributed by atoms with van der Waals surface area (Å²) in [5.74, 6) is 0.889. The fraction of sp³-hybridized carbons (Fsp3) is 0.667. The van der Waals surface area contributed by atoms with Crippen LogP contribution >= 0.6 is 0 Å². The number of methoxy groups -OCH3 is 1. The quantitative estimate of drug-likeness (QED) is 0.882. The highest BCUT2D eigenvalue weighted by Crippen LogP contribution is 2.36. The maximum atomic E-state index is 11.5. The monoisotopic (exact) mass is 373 g/mol. The Morgan fingerprint density at radius 2 is 1.78 bits per heavy atom. The standard InChI is InChI=1S/C21H31N3O3/c1-27-20-8-7-19(18-15-24(21(25)26)10-9-17(18)20)23-13-11-22(12-14-23)16-5-3-2-4-6-16/h7-8,16H,2-6,9-15H2,1H3,(H,25,26). The van der Waals surface area contributed by atoms with Gasteiger partial charge in [-0.2, -0.15) is 0 Å². The van der Waals surface area contributed by atoms with Crippen molar-refractivity contribution in [1.29, 1.82) is 0 Å². The molecule has 0 aromatic heterocycles. The average Bonchev–Trinajstić information content (AvgIpc) is 2.73. The maximum Gasteiger partial charge on any atom is 0.407 e. The molecule has 2 fully saturated rings. The van der Waals surface area contributed by atoms with Gasteiger partial charge in [0.2, 0.25) is 0 Å². The predicted octanol–water partition coefficient (Wildman–Crippen LogP) is 3.19. The molecule has 1 amide bonds. The van der Waals surface area contributed by atoms with E-state index in [-0.39, 0.29) is 0 Å². The lowest BCUT2D eigenvalue weighted by Gasteiger charge is -2.42. The van der Waals surface area contributed by atoms with Crippen molar-refractivity contribution in [2.24, 2.45) is 0 Å². The first-order valence-corrected chi connectivity index (χ1v) is 10.3. The molecule has 1 aromatic rings. The molecule has 0 bridgehead atoms. The molecule has 2 heterocycles. The summed E-state index contributed by atoms with van der Waals surface area (Å²) in [6.07, 6.45) is 6.74. The van der Waals surface area contributed by atoms with Crippen molar-refractivity contribution in [3.05, 3.63) is 23.3 Å². The number of benzene rings is 1. The van der Waals surface area contributed by atoms with Crippen molar-refractivity contribution < 1.29 is 14.6 Å². The van der Waals surface area contributed by atoms with Crippen molar-refractivity contribution in [2.75, 3.05) is 44.7 Å². The molecule has 1 saturated carbocycles. The summed E-state index contributed by atoms with van der Waals surface area (Å²) in [7, 11) is 1.70. The predicted molar refractivity (Wildman–Crippen MR) is 106 cm³/mol. The molecule has 1 saturated heterocycles. The van der Waals surface area contributed by atoms with E-state index in [1.54, 1.807) is 7.11 Å². The Balaban J connectivity index is 1.51. The van der Waals surface area contributed by atoms with Gasteiger partial charge in [0.15, 0.2) is 0 Å². The van der Waals surface area contributed by atoms with E-state index in [0.29, 0.717) is 13.1 Å². The highest BCUT2D eigenvalue weighted by Gasteiger charge is 2.30. The first-order chi connectivity index (χ1) is 13.2. The zero-order chi connectivity index (χ0) is 18.8. The molecule has 4 rings (SSSR count). The molecular formula is C21H31N3O3. The molecule has 2 aliphatic heterocycles. The van der Waals surface area contributed by atoms with Crippen LogP contribution in [0, 0.1) is 0 Å². The minimum absolute atomic E-state index is 0.458. The second kappa shape index (κ2) is 7.97. The Morgan fingerprint density at radius 3 is 2.44 bits per heavy atom. The van der Waals surface area contributed by atoms with Crippen LogP contribution in [0.4, 0.5) is 10.5 Å². The third-order valence-corrected chi connectivity index (χ3v) is 6.58. The van der Waals surface area contributed by atoms with E-state index in [4.69, 9.17) is 4.74 Å². The molecule has 0 atom stereocenters. The number of amides is 1. The van der Waals surface area contributed by atoms with Crippen LogP contribution in [0.15, 0.2) is 12.1 Å². The number of rotatable bonds is 3. The lowest BCUT2D eigenvalue weighted by atomic mass is 9.93. The van der Waals surface area contributed by atoms with Gasteiger partial charge in [-0.3, -0.25) is 4.90 Å². The van der Waals surface area contributed by atoms with Gasteiger partial charge in [0.25, 0.3) is 0 Å². The van der Waals surface area contributed by atoms with Gasteiger partial charge in [-0.1, -0.05) is 19.3 Å². The van der Waals surface area contributed by atoms with Crippen LogP contribution in [-0.4, -0.2) is 66.9 Å². The minimum Gasteiger partial charge on any atom is -0.496 e. The maximum absolute atomic E-state index is 11.5. The SMILES string of the molecule is COc1ccc(N2CCN(C3CCCCC3)CC2)c2c1CCN(C(=O)O)C2. The Morgan fingerprint density at radius 1 is 1.04 bits per heavy atom. The lowest BCUT2D eigenvalue weighted by Crippen LogP contribution is -2.51. The Kier molecular flexibility index (Phi) is 5.43. The van der Waals surface area contributed by atoms with Gasteiger partial charge in [-0.15, -0.1) is 0 Å². The topological polar surface area (TPSA) is 56.2 Å². The van der Waals surface area contributed by atoms with E-state index < -0.39 is 6.09 Å². The van der Waals surface area contributed by atoms with Crippen LogP contribution < -0.4 is 9.64 Å². The molecule has 1 aromatic carbocycles. The zero-order valence-corrected chi connectivity index (χ0v) is 16.3. The van der Waals surface area contributed by atoms with Crippen molar-refractivity contribution in [2.45, 2.75) is 51.1 Å². The van der Waals surface area contributed by atoms with E-state index in [0.717, 1.165) is 50.0 Å². The van der Waals surface area contributed by atoms with Crippen molar-refractivity contribution >= 4 is 11.8 Å². The van der Waals surface area contributed by atoms with Crippen LogP contribution in [0.3, 0.4) is 0 Å². The molecule has 1 N–H and O–H groups in total. The molecule has 0 radical (unpaired) electrons. The summed E-state index contributed by atoms with van der Waals surface area (Å²) < 4.78 is 5.55. The molecule has 0 unspecified atom stereocenters. The summed E-state index contributed by atoms with van der Waals surface area (Å²) in [6, 6.07) is 4.95. The van der Waals surface area contributed by atoms with Gasteiger partial charge >= 0.3 is 6.09 Å². The summed E-state index contributed by atoms with van der Waals surface area (Å²) in [6.45, 7) is 5.24. The summed E-state index contributed by atoms with van der Waals surface area (Å²) >= 11 is 0. The zero-order valence-electron chi connectivity index (χ0n) is 16.3. The van der Waals surface area contributed by atoms with E-state index in [1.807, 2.05) is 0 Å². The minimum atomic E-state index is -0.837. The second-order valence-corrected chi connectivity index (χ2v) is 8.01. The van der Waals surface area contributed by atoms with Crippen molar-refractivity contribution in [1.82, 2.24) is 9.80 Å². The van der Waals surface area contributed by atoms with Crippen molar-refractivity contribution in [3.8, 4) is 5.75 Å². The number of fused-ring (bicyclic) bond motifs is 1. The first kappa shape index (κ1) is 18.4. The molecule has 0 spiro atoms. The lowest BCUT2D eigenvalue weighted by molar-refractivity contribution is 0.139. The van der Waals surface area contributed by atoms with E-state index in [2.05, 4.69) is 21.9 Å². The van der Waals surface area contributed by atoms with Gasteiger partial charge < -0.3 is 19.6 Å². The van der Waals surface area contributed by atoms with Gasteiger partial charge in [0.1, 0.15) is 5.75 Å². The number of hydrogen-bond acceptors (Lipinski definition) is 4. The molecule has 6 nitrogen and oxygen atoms in total. The Bertz CT molecular complexity index is 679. The van der Waals surface area contributed by atoms with Crippen molar-refractivity contribution in [3.63, 3.8) is 0 Å². The van der Waals surface area contributed by atoms with Crippen LogP contribution in [0.2, 0.25) is 0 Å². The molecule has 3 aliphatic rings. The van der Waals surface area contributed by atoms with Crippen LogP contribution in [0.1, 0.15) is 43.2 Å². The highest BCUT2D eigenvalue weighted by atomic mass is 16.5. The molecule has 148 valence electrons. The van der Waals surface area contributed by atoms with Crippen LogP contribution in [0.25, 0.3) is 0 Å². The molecule has 6 heteroatoms. The van der Waals surface area contributed by atoms with Crippen LogP contribution in [-0.2, 0) is 13.0 Å². The number of piperazine rings is 1. The Labute approximate surface area is 161 Å². The number of ether oxygens (including phenoxy) is 1. The Hall–Kier alpha value is -1.95. The molecular weight excluding hydrogens is 342 g/mol. The summed E-state index contributed by atoms with van der Waals surface area (Å²) in [4.78, 5) is 18.1. The fourth-order valence-electron chi connectivity index (χ4n) is 5.05. The van der Waals surface area contributed by atoms with Crippen LogP contribution in [0.5, 0.6) is 5.75 Å². The van der Waals surface area contributed by atoms with E-state index in [1.165, 1.54) is 48.3 Å². The summed E-state index contributed by atoms with van der Waals surface area (Å²) in [5.41, 5.74) is 3.51. The van der Waals surface area contributed by atoms with Gasteiger partial charge in [0, 0.05) is 55.6 Å². The van der Waals surface area contributed by atoms with Gasteiger partial charge in [-0.05, 0) is 31.4 Å². The number of carboxylic acid groups (broad SMARTS) is 1. The largest absolute Gasteiger partial charge is 0.496 e. The molecule has 1 aliphatic carbocycles. The van der Waals surface area contributed by atoms with E-state index >= 15 is 0 Å². The normalized spacial score (nSPS) is 21.8. The third kappa shape index (κ3) is 3.72. The van der Waals surface area contributed by atoms with E-state index in [9.17, 15) is 9.90 Å². The smallest absolute Gasteiger partial charge is 0.407 e. The third-order valence-electron chi connectivity index (χ3n) is 6.58. The summed E-state index contributed by atoms with van der Waals surface area (Å²) in [5, 5.41) is 9.44.